The van der Waals surface area contributed by atoms with Crippen LogP contribution in [-0.2, 0) is 16.3 Å². The summed E-state index contributed by atoms with van der Waals surface area (Å²) in [5.74, 6) is -4.18. The van der Waals surface area contributed by atoms with Crippen molar-refractivity contribution in [1.29, 1.82) is 0 Å². The van der Waals surface area contributed by atoms with Gasteiger partial charge in [-0.1, -0.05) is 0 Å². The van der Waals surface area contributed by atoms with E-state index in [1.807, 2.05) is 6.07 Å². The van der Waals surface area contributed by atoms with E-state index in [2.05, 4.69) is 10.2 Å². The van der Waals surface area contributed by atoms with Crippen molar-refractivity contribution in [3.8, 4) is 11.3 Å². The molecule has 0 aliphatic carbocycles. The zero-order chi connectivity index (χ0) is 22.6. The van der Waals surface area contributed by atoms with Gasteiger partial charge in [-0.25, -0.2) is 12.8 Å². The molecule has 6 nitrogen and oxygen atoms in total. The van der Waals surface area contributed by atoms with Crippen LogP contribution < -0.4 is 0 Å². The zero-order valence-corrected chi connectivity index (χ0v) is 17.4. The summed E-state index contributed by atoms with van der Waals surface area (Å²) in [6.45, 7) is 0.417. The number of hydrogen-bond acceptors (Lipinski definition) is 4. The summed E-state index contributed by atoms with van der Waals surface area (Å²) in [5, 5.41) is 7.12. The van der Waals surface area contributed by atoms with Crippen molar-refractivity contribution in [2.24, 2.45) is 0 Å². The fourth-order valence-electron chi connectivity index (χ4n) is 2.98. The van der Waals surface area contributed by atoms with Crippen LogP contribution in [0.4, 0.5) is 13.2 Å². The lowest BCUT2D eigenvalue weighted by molar-refractivity contribution is 0.0793. The fraction of sp³-hybridized carbons (Fsp3) is 0.238. The highest BCUT2D eigenvalue weighted by molar-refractivity contribution is 7.91. The van der Waals surface area contributed by atoms with Crippen LogP contribution in [0.15, 0.2) is 59.5 Å². The minimum atomic E-state index is -4.69. The Morgan fingerprint density at radius 1 is 1.10 bits per heavy atom. The molecular formula is C21H20F3N3O3S. The van der Waals surface area contributed by atoms with Gasteiger partial charge < -0.3 is 4.90 Å². The second-order valence-electron chi connectivity index (χ2n) is 6.95. The van der Waals surface area contributed by atoms with Crippen LogP contribution in [0.1, 0.15) is 22.5 Å². The molecule has 10 heteroatoms. The summed E-state index contributed by atoms with van der Waals surface area (Å²) in [6.07, 6.45) is 1.25. The standard InChI is InChI=1S/C21H20F3N3O3S/c1-27(20(28)15-6-10-18(11-7-15)31(29,30)21(23)24)12-2-3-17-13-19(26-25-17)14-4-8-16(22)9-5-14/h4-11,13,21H,2-3,12H2,1H3,(H,25,26). The normalized spacial score (nSPS) is 11.6. The van der Waals surface area contributed by atoms with Gasteiger partial charge in [-0.2, -0.15) is 13.9 Å². The molecule has 0 aliphatic rings. The molecule has 164 valence electrons. The Balaban J connectivity index is 1.54. The number of carbonyl (C=O) groups is 1. The Labute approximate surface area is 177 Å². The molecule has 1 heterocycles. The first-order chi connectivity index (χ1) is 14.7. The van der Waals surface area contributed by atoms with Crippen LogP contribution in [0.25, 0.3) is 11.3 Å². The number of aromatic nitrogens is 2. The summed E-state index contributed by atoms with van der Waals surface area (Å²) in [7, 11) is -3.09. The molecule has 2 aromatic carbocycles. The van der Waals surface area contributed by atoms with Crippen molar-refractivity contribution in [1.82, 2.24) is 15.1 Å². The van der Waals surface area contributed by atoms with Crippen molar-refractivity contribution in [3.63, 3.8) is 0 Å². The maximum atomic E-state index is 13.0. The molecule has 0 spiro atoms. The van der Waals surface area contributed by atoms with E-state index in [9.17, 15) is 26.4 Å². The van der Waals surface area contributed by atoms with Gasteiger partial charge in [-0.3, -0.25) is 9.89 Å². The second-order valence-corrected chi connectivity index (χ2v) is 8.86. The Morgan fingerprint density at radius 2 is 1.74 bits per heavy atom. The summed E-state index contributed by atoms with van der Waals surface area (Å²) >= 11 is 0. The van der Waals surface area contributed by atoms with Crippen LogP contribution in [-0.4, -0.2) is 48.8 Å². The SMILES string of the molecule is CN(CCCc1cc(-c2ccc(F)cc2)n[nH]1)C(=O)c1ccc(S(=O)(=O)C(F)F)cc1. The van der Waals surface area contributed by atoms with E-state index in [1.165, 1.54) is 29.2 Å². The zero-order valence-electron chi connectivity index (χ0n) is 16.6. The van der Waals surface area contributed by atoms with Crippen molar-refractivity contribution in [2.45, 2.75) is 23.5 Å². The Hall–Kier alpha value is -3.14. The molecule has 31 heavy (non-hydrogen) atoms. The summed E-state index contributed by atoms with van der Waals surface area (Å²) in [4.78, 5) is 13.4. The van der Waals surface area contributed by atoms with Crippen molar-refractivity contribution in [2.75, 3.05) is 13.6 Å². The molecule has 0 saturated carbocycles. The number of rotatable bonds is 8. The average Bonchev–Trinajstić information content (AvgIpc) is 3.22. The van der Waals surface area contributed by atoms with E-state index in [0.717, 1.165) is 23.4 Å². The number of aromatic amines is 1. The molecule has 0 aliphatic heterocycles. The molecule has 0 radical (unpaired) electrons. The van der Waals surface area contributed by atoms with E-state index >= 15 is 0 Å². The van der Waals surface area contributed by atoms with Crippen molar-refractivity contribution in [3.05, 3.63) is 71.7 Å². The number of benzene rings is 2. The molecule has 1 aromatic heterocycles. The maximum absolute atomic E-state index is 13.0. The number of nitrogens with one attached hydrogen (secondary N) is 1. The number of aryl methyl sites for hydroxylation is 1. The van der Waals surface area contributed by atoms with Gasteiger partial charge in [0.1, 0.15) is 5.82 Å². The third-order valence-electron chi connectivity index (χ3n) is 4.72. The van der Waals surface area contributed by atoms with Gasteiger partial charge in [0, 0.05) is 30.4 Å². The van der Waals surface area contributed by atoms with Gasteiger partial charge in [0.05, 0.1) is 10.6 Å². The number of halogens is 3. The largest absolute Gasteiger partial charge is 0.342 e. The lowest BCUT2D eigenvalue weighted by Gasteiger charge is -2.17. The third kappa shape index (κ3) is 5.32. The van der Waals surface area contributed by atoms with E-state index < -0.39 is 20.5 Å². The predicted molar refractivity (Wildman–Crippen MR) is 109 cm³/mol. The highest BCUT2D eigenvalue weighted by Gasteiger charge is 2.26. The van der Waals surface area contributed by atoms with E-state index in [-0.39, 0.29) is 17.3 Å². The van der Waals surface area contributed by atoms with Crippen LogP contribution in [0.5, 0.6) is 0 Å². The summed E-state index contributed by atoms with van der Waals surface area (Å²) in [5.41, 5.74) is 2.55. The number of sulfone groups is 1. The number of H-pyrrole nitrogens is 1. The number of hydrogen-bond donors (Lipinski definition) is 1. The summed E-state index contributed by atoms with van der Waals surface area (Å²) < 4.78 is 61.1. The first kappa shape index (κ1) is 22.5. The first-order valence-electron chi connectivity index (χ1n) is 9.36. The van der Waals surface area contributed by atoms with Crippen LogP contribution >= 0.6 is 0 Å². The van der Waals surface area contributed by atoms with Gasteiger partial charge >= 0.3 is 5.76 Å². The second kappa shape index (κ2) is 9.34. The van der Waals surface area contributed by atoms with Crippen molar-refractivity contribution >= 4 is 15.7 Å². The van der Waals surface area contributed by atoms with Crippen LogP contribution in [0.2, 0.25) is 0 Å². The predicted octanol–water partition coefficient (Wildman–Crippen LogP) is 3.92. The van der Waals surface area contributed by atoms with Gasteiger partial charge in [0.25, 0.3) is 5.91 Å². The highest BCUT2D eigenvalue weighted by atomic mass is 32.2. The minimum absolute atomic E-state index is 0.204. The highest BCUT2D eigenvalue weighted by Crippen LogP contribution is 2.20. The number of carbonyl (C=O) groups excluding carboxylic acids is 1. The molecule has 3 rings (SSSR count). The van der Waals surface area contributed by atoms with E-state index in [4.69, 9.17) is 0 Å². The molecule has 0 bridgehead atoms. The molecule has 3 aromatic rings. The summed E-state index contributed by atoms with van der Waals surface area (Å²) in [6, 6.07) is 12.3. The maximum Gasteiger partial charge on any atom is 0.341 e. The first-order valence-corrected chi connectivity index (χ1v) is 10.9. The van der Waals surface area contributed by atoms with Gasteiger partial charge in [-0.15, -0.1) is 0 Å². The fourth-order valence-corrected chi connectivity index (χ4v) is 3.70. The smallest absolute Gasteiger partial charge is 0.341 e. The van der Waals surface area contributed by atoms with Crippen LogP contribution in [0, 0.1) is 5.82 Å². The van der Waals surface area contributed by atoms with E-state index in [1.54, 1.807) is 19.2 Å². The van der Waals surface area contributed by atoms with Gasteiger partial charge in [-0.05, 0) is 67.4 Å². The Morgan fingerprint density at radius 3 is 2.35 bits per heavy atom. The molecule has 0 atom stereocenters. The minimum Gasteiger partial charge on any atom is -0.342 e. The average molecular weight is 451 g/mol. The molecular weight excluding hydrogens is 431 g/mol. The topological polar surface area (TPSA) is 83.1 Å². The Kier molecular flexibility index (Phi) is 6.79. The van der Waals surface area contributed by atoms with Gasteiger partial charge in [0.2, 0.25) is 9.84 Å². The molecule has 1 N–H and O–H groups in total. The quantitative estimate of drug-likeness (QED) is 0.563. The molecule has 1 amide bonds. The Bertz CT molecular complexity index is 1140. The number of amides is 1. The molecule has 0 unspecified atom stereocenters. The van der Waals surface area contributed by atoms with E-state index in [0.29, 0.717) is 25.1 Å². The lowest BCUT2D eigenvalue weighted by atomic mass is 10.1. The third-order valence-corrected chi connectivity index (χ3v) is 6.12. The molecule has 0 fully saturated rings. The monoisotopic (exact) mass is 451 g/mol. The molecule has 0 saturated heterocycles. The number of nitrogens with zero attached hydrogens (tertiary/aromatic N) is 2. The number of alkyl halides is 2. The van der Waals surface area contributed by atoms with Crippen LogP contribution in [0.3, 0.4) is 0 Å². The van der Waals surface area contributed by atoms with Crippen molar-refractivity contribution < 1.29 is 26.4 Å². The van der Waals surface area contributed by atoms with Gasteiger partial charge in [0.15, 0.2) is 0 Å². The lowest BCUT2D eigenvalue weighted by Crippen LogP contribution is -2.28.